The summed E-state index contributed by atoms with van der Waals surface area (Å²) in [7, 11) is 0. The van der Waals surface area contributed by atoms with Gasteiger partial charge in [-0.2, -0.15) is 5.10 Å². The quantitative estimate of drug-likeness (QED) is 0.641. The zero-order valence-corrected chi connectivity index (χ0v) is 9.91. The third-order valence-corrected chi connectivity index (χ3v) is 2.36. The monoisotopic (exact) mass is 247 g/mol. The fourth-order valence-corrected chi connectivity index (χ4v) is 1.57. The number of hydrogen-bond donors (Lipinski definition) is 1. The van der Waals surface area contributed by atoms with Crippen LogP contribution in [0.2, 0.25) is 0 Å². The van der Waals surface area contributed by atoms with Crippen molar-refractivity contribution in [2.24, 2.45) is 0 Å². The minimum Gasteiger partial charge on any atom is -0.370 e. The summed E-state index contributed by atoms with van der Waals surface area (Å²) in [6.07, 6.45) is 4.35. The topological polar surface area (TPSA) is 85.9 Å². The van der Waals surface area contributed by atoms with Crippen LogP contribution in [0.3, 0.4) is 0 Å². The lowest BCUT2D eigenvalue weighted by molar-refractivity contribution is -0.385. The third-order valence-electron chi connectivity index (χ3n) is 2.36. The van der Waals surface area contributed by atoms with E-state index in [9.17, 15) is 10.1 Å². The Kier molecular flexibility index (Phi) is 3.52. The Morgan fingerprint density at radius 2 is 2.39 bits per heavy atom. The van der Waals surface area contributed by atoms with E-state index < -0.39 is 4.92 Å². The largest absolute Gasteiger partial charge is 0.370 e. The first-order valence-corrected chi connectivity index (χ1v) is 5.54. The van der Waals surface area contributed by atoms with Crippen LogP contribution in [0.4, 0.5) is 11.5 Å². The molecule has 0 aliphatic rings. The molecule has 1 N–H and O–H groups in total. The highest BCUT2D eigenvalue weighted by Gasteiger charge is 2.08. The Balaban J connectivity index is 2.12. The number of hydrogen-bond acceptors (Lipinski definition) is 5. The van der Waals surface area contributed by atoms with Gasteiger partial charge in [0.05, 0.1) is 11.5 Å². The van der Waals surface area contributed by atoms with E-state index >= 15 is 0 Å². The zero-order chi connectivity index (χ0) is 13.0. The van der Waals surface area contributed by atoms with Crippen LogP contribution in [-0.4, -0.2) is 26.2 Å². The minimum atomic E-state index is -0.458. The van der Waals surface area contributed by atoms with Crippen LogP contribution in [0.25, 0.3) is 0 Å². The van der Waals surface area contributed by atoms with Gasteiger partial charge in [0.25, 0.3) is 0 Å². The van der Waals surface area contributed by atoms with Crippen LogP contribution in [-0.2, 0) is 6.54 Å². The molecule has 0 aliphatic carbocycles. The summed E-state index contributed by atoms with van der Waals surface area (Å²) in [4.78, 5) is 14.2. The molecule has 0 spiro atoms. The number of nitro groups is 1. The summed E-state index contributed by atoms with van der Waals surface area (Å²) in [6.45, 7) is 3.27. The van der Waals surface area contributed by atoms with Gasteiger partial charge in [-0.05, 0) is 24.6 Å². The molecule has 0 fully saturated rings. The molecule has 0 aromatic carbocycles. The molecule has 0 atom stereocenters. The average molecular weight is 247 g/mol. The van der Waals surface area contributed by atoms with E-state index in [0.29, 0.717) is 6.54 Å². The molecule has 2 rings (SSSR count). The van der Waals surface area contributed by atoms with Gasteiger partial charge in [-0.15, -0.1) is 0 Å². The van der Waals surface area contributed by atoms with Crippen molar-refractivity contribution in [2.45, 2.75) is 13.5 Å². The number of nitrogens with zero attached hydrogens (tertiary/aromatic N) is 4. The predicted octanol–water partition coefficient (Wildman–Crippen LogP) is 1.67. The molecule has 0 bridgehead atoms. The molecule has 0 saturated carbocycles. The van der Waals surface area contributed by atoms with E-state index in [1.165, 1.54) is 17.1 Å². The second kappa shape index (κ2) is 5.26. The van der Waals surface area contributed by atoms with Gasteiger partial charge in [-0.25, -0.2) is 4.98 Å². The van der Waals surface area contributed by atoms with Crippen molar-refractivity contribution < 1.29 is 4.92 Å². The average Bonchev–Trinajstić information content (AvgIpc) is 2.78. The Morgan fingerprint density at radius 3 is 3.06 bits per heavy atom. The third kappa shape index (κ3) is 2.82. The second-order valence-corrected chi connectivity index (χ2v) is 3.73. The zero-order valence-electron chi connectivity index (χ0n) is 9.91. The summed E-state index contributed by atoms with van der Waals surface area (Å²) in [5, 5.41) is 17.6. The lowest BCUT2D eigenvalue weighted by Crippen LogP contribution is -2.03. The summed E-state index contributed by atoms with van der Waals surface area (Å²) in [5.74, 6) is 0.789. The standard InChI is InChI=1S/C11H13N5O2/c1-2-12-11-5-9(3-4-13-11)7-15-8-10(6-14-15)16(17)18/h3-6,8H,2,7H2,1H3,(H,12,13). The molecule has 0 saturated heterocycles. The van der Waals surface area contributed by atoms with Crippen molar-refractivity contribution in [3.05, 3.63) is 46.4 Å². The van der Waals surface area contributed by atoms with Gasteiger partial charge in [0.15, 0.2) is 0 Å². The molecule has 7 heteroatoms. The highest BCUT2D eigenvalue weighted by Crippen LogP contribution is 2.11. The van der Waals surface area contributed by atoms with Crippen LogP contribution in [0, 0.1) is 10.1 Å². The smallest absolute Gasteiger partial charge is 0.307 e. The summed E-state index contributed by atoms with van der Waals surface area (Å²) < 4.78 is 1.53. The fraction of sp³-hybridized carbons (Fsp3) is 0.273. The van der Waals surface area contributed by atoms with Gasteiger partial charge >= 0.3 is 5.69 Å². The van der Waals surface area contributed by atoms with Gasteiger partial charge in [0, 0.05) is 12.7 Å². The first-order valence-electron chi connectivity index (χ1n) is 5.54. The van der Waals surface area contributed by atoms with Crippen molar-refractivity contribution in [2.75, 3.05) is 11.9 Å². The fourth-order valence-electron chi connectivity index (χ4n) is 1.57. The maximum Gasteiger partial charge on any atom is 0.307 e. The van der Waals surface area contributed by atoms with E-state index in [1.807, 2.05) is 19.1 Å². The van der Waals surface area contributed by atoms with Crippen molar-refractivity contribution in [1.82, 2.24) is 14.8 Å². The molecular formula is C11H13N5O2. The van der Waals surface area contributed by atoms with Crippen LogP contribution < -0.4 is 5.32 Å². The summed E-state index contributed by atoms with van der Waals surface area (Å²) in [5.41, 5.74) is 0.981. The minimum absolute atomic E-state index is 0.00374. The van der Waals surface area contributed by atoms with Crippen LogP contribution in [0.1, 0.15) is 12.5 Å². The highest BCUT2D eigenvalue weighted by molar-refractivity contribution is 5.37. The highest BCUT2D eigenvalue weighted by atomic mass is 16.6. The maximum absolute atomic E-state index is 10.5. The Labute approximate surface area is 104 Å². The Hall–Kier alpha value is -2.44. The van der Waals surface area contributed by atoms with Crippen LogP contribution >= 0.6 is 0 Å². The first-order chi connectivity index (χ1) is 8.69. The van der Waals surface area contributed by atoms with Crippen LogP contribution in [0.15, 0.2) is 30.7 Å². The maximum atomic E-state index is 10.5. The van der Waals surface area contributed by atoms with Gasteiger partial charge in [0.2, 0.25) is 0 Å². The van der Waals surface area contributed by atoms with E-state index in [1.54, 1.807) is 6.20 Å². The van der Waals surface area contributed by atoms with Gasteiger partial charge < -0.3 is 5.32 Å². The molecule has 2 aromatic rings. The van der Waals surface area contributed by atoms with Gasteiger partial charge in [0.1, 0.15) is 18.2 Å². The van der Waals surface area contributed by atoms with Crippen LogP contribution in [0.5, 0.6) is 0 Å². The lowest BCUT2D eigenvalue weighted by atomic mass is 10.2. The van der Waals surface area contributed by atoms with E-state index in [4.69, 9.17) is 0 Å². The predicted molar refractivity (Wildman–Crippen MR) is 66.4 cm³/mol. The number of anilines is 1. The molecular weight excluding hydrogens is 234 g/mol. The van der Waals surface area contributed by atoms with Crippen molar-refractivity contribution in [3.8, 4) is 0 Å². The van der Waals surface area contributed by atoms with E-state index in [-0.39, 0.29) is 5.69 Å². The number of pyridine rings is 1. The Bertz CT molecular complexity index is 552. The second-order valence-electron chi connectivity index (χ2n) is 3.73. The SMILES string of the molecule is CCNc1cc(Cn2cc([N+](=O)[O-])cn2)ccn1. The van der Waals surface area contributed by atoms with Crippen molar-refractivity contribution in [1.29, 1.82) is 0 Å². The molecule has 0 radical (unpaired) electrons. The molecule has 2 aromatic heterocycles. The molecule has 0 aliphatic heterocycles. The number of rotatable bonds is 5. The van der Waals surface area contributed by atoms with Crippen molar-refractivity contribution >= 4 is 11.5 Å². The molecule has 0 amide bonds. The van der Waals surface area contributed by atoms with E-state index in [2.05, 4.69) is 15.4 Å². The number of aromatic nitrogens is 3. The van der Waals surface area contributed by atoms with Gasteiger partial charge in [-0.1, -0.05) is 0 Å². The molecule has 0 unspecified atom stereocenters. The Morgan fingerprint density at radius 1 is 1.56 bits per heavy atom. The molecule has 18 heavy (non-hydrogen) atoms. The molecule has 94 valence electrons. The summed E-state index contributed by atoms with van der Waals surface area (Å²) in [6, 6.07) is 3.76. The van der Waals surface area contributed by atoms with Crippen molar-refractivity contribution in [3.63, 3.8) is 0 Å². The summed E-state index contributed by atoms with van der Waals surface area (Å²) >= 11 is 0. The first kappa shape index (κ1) is 12.0. The van der Waals surface area contributed by atoms with Gasteiger partial charge in [-0.3, -0.25) is 14.8 Å². The normalized spacial score (nSPS) is 10.3. The van der Waals surface area contributed by atoms with E-state index in [0.717, 1.165) is 17.9 Å². The molecule has 2 heterocycles. The number of nitrogens with one attached hydrogen (secondary N) is 1. The lowest BCUT2D eigenvalue weighted by Gasteiger charge is -2.05. The molecule has 7 nitrogen and oxygen atoms in total.